The van der Waals surface area contributed by atoms with Crippen LogP contribution in [0.5, 0.6) is 11.5 Å². The van der Waals surface area contributed by atoms with Crippen molar-refractivity contribution in [1.82, 2.24) is 10.2 Å². The Morgan fingerprint density at radius 1 is 1.07 bits per heavy atom. The van der Waals surface area contributed by atoms with Crippen molar-refractivity contribution in [3.05, 3.63) is 58.7 Å². The van der Waals surface area contributed by atoms with Gasteiger partial charge in [-0.1, -0.05) is 18.2 Å². The Balaban J connectivity index is 1.68. The molecule has 0 aromatic heterocycles. The van der Waals surface area contributed by atoms with Crippen molar-refractivity contribution >= 4 is 11.8 Å². The van der Waals surface area contributed by atoms with Crippen LogP contribution in [-0.2, 0) is 11.2 Å². The van der Waals surface area contributed by atoms with Crippen LogP contribution in [0.1, 0.15) is 51.8 Å². The fourth-order valence-electron chi connectivity index (χ4n) is 4.65. The Morgan fingerprint density at radius 2 is 1.79 bits per heavy atom. The second-order valence-electron chi connectivity index (χ2n) is 7.95. The van der Waals surface area contributed by atoms with Gasteiger partial charge in [-0.05, 0) is 54.2 Å². The third kappa shape index (κ3) is 2.85. The SMILES string of the molecule is COc1cc2c(cc1OC)[C@@H]1[C@@H](C(=O)NC3CC3)c3ccccc3C(=O)N1CC2. The van der Waals surface area contributed by atoms with Gasteiger partial charge in [0, 0.05) is 18.2 Å². The number of fused-ring (bicyclic) bond motifs is 4. The topological polar surface area (TPSA) is 67.9 Å². The summed E-state index contributed by atoms with van der Waals surface area (Å²) in [5, 5.41) is 3.16. The van der Waals surface area contributed by atoms with Crippen molar-refractivity contribution in [3.8, 4) is 11.5 Å². The van der Waals surface area contributed by atoms with Crippen molar-refractivity contribution in [2.75, 3.05) is 20.8 Å². The maximum atomic E-state index is 13.4. The molecule has 2 aromatic carbocycles. The summed E-state index contributed by atoms with van der Waals surface area (Å²) < 4.78 is 11.0. The largest absolute Gasteiger partial charge is 0.493 e. The first-order chi connectivity index (χ1) is 14.1. The average molecular weight is 392 g/mol. The average Bonchev–Trinajstić information content (AvgIpc) is 3.56. The minimum absolute atomic E-state index is 0.00918. The molecule has 1 N–H and O–H groups in total. The maximum absolute atomic E-state index is 13.4. The lowest BCUT2D eigenvalue weighted by atomic mass is 9.75. The van der Waals surface area contributed by atoms with Crippen molar-refractivity contribution in [1.29, 1.82) is 0 Å². The Labute approximate surface area is 169 Å². The number of hydrogen-bond donors (Lipinski definition) is 1. The highest BCUT2D eigenvalue weighted by atomic mass is 16.5. The summed E-state index contributed by atoms with van der Waals surface area (Å²) in [5.41, 5.74) is 3.50. The Bertz CT molecular complexity index is 998. The molecule has 0 spiro atoms. The van der Waals surface area contributed by atoms with Crippen LogP contribution < -0.4 is 14.8 Å². The number of rotatable bonds is 4. The molecular weight excluding hydrogens is 368 g/mol. The van der Waals surface area contributed by atoms with E-state index in [-0.39, 0.29) is 23.9 Å². The lowest BCUT2D eigenvalue weighted by Gasteiger charge is -2.45. The molecule has 3 aliphatic rings. The highest BCUT2D eigenvalue weighted by Gasteiger charge is 2.47. The molecule has 1 aliphatic carbocycles. The summed E-state index contributed by atoms with van der Waals surface area (Å²) in [7, 11) is 3.22. The molecule has 2 atom stereocenters. The zero-order valence-corrected chi connectivity index (χ0v) is 16.6. The number of benzene rings is 2. The van der Waals surface area contributed by atoms with E-state index in [1.54, 1.807) is 14.2 Å². The van der Waals surface area contributed by atoms with Gasteiger partial charge < -0.3 is 19.7 Å². The van der Waals surface area contributed by atoms with E-state index in [0.29, 0.717) is 23.6 Å². The van der Waals surface area contributed by atoms with E-state index in [1.807, 2.05) is 41.3 Å². The normalized spacial score (nSPS) is 22.3. The van der Waals surface area contributed by atoms with E-state index in [4.69, 9.17) is 9.47 Å². The van der Waals surface area contributed by atoms with Crippen molar-refractivity contribution < 1.29 is 19.1 Å². The Morgan fingerprint density at radius 3 is 2.52 bits per heavy atom. The summed E-state index contributed by atoms with van der Waals surface area (Å²) in [6, 6.07) is 11.3. The summed E-state index contributed by atoms with van der Waals surface area (Å²) in [4.78, 5) is 28.5. The Hall–Kier alpha value is -3.02. The number of carbonyl (C=O) groups excluding carboxylic acids is 2. The molecule has 29 heavy (non-hydrogen) atoms. The monoisotopic (exact) mass is 392 g/mol. The van der Waals surface area contributed by atoms with Crippen LogP contribution >= 0.6 is 0 Å². The van der Waals surface area contributed by atoms with Crippen LogP contribution in [0.2, 0.25) is 0 Å². The first-order valence-corrected chi connectivity index (χ1v) is 10.1. The van der Waals surface area contributed by atoms with E-state index < -0.39 is 5.92 Å². The van der Waals surface area contributed by atoms with Gasteiger partial charge in [0.15, 0.2) is 11.5 Å². The van der Waals surface area contributed by atoms with Gasteiger partial charge in [-0.2, -0.15) is 0 Å². The molecule has 0 unspecified atom stereocenters. The quantitative estimate of drug-likeness (QED) is 0.869. The predicted octanol–water partition coefficient (Wildman–Crippen LogP) is 2.82. The van der Waals surface area contributed by atoms with Gasteiger partial charge in [-0.3, -0.25) is 9.59 Å². The number of methoxy groups -OCH3 is 2. The first kappa shape index (κ1) is 18.0. The van der Waals surface area contributed by atoms with E-state index in [9.17, 15) is 9.59 Å². The van der Waals surface area contributed by atoms with Crippen molar-refractivity contribution in [3.63, 3.8) is 0 Å². The summed E-state index contributed by atoms with van der Waals surface area (Å²) in [6.07, 6.45) is 2.76. The molecule has 0 bridgehead atoms. The second-order valence-corrected chi connectivity index (χ2v) is 7.95. The van der Waals surface area contributed by atoms with E-state index >= 15 is 0 Å². The highest BCUT2D eigenvalue weighted by molar-refractivity contribution is 6.01. The zero-order valence-electron chi connectivity index (χ0n) is 16.6. The molecule has 1 saturated carbocycles. The van der Waals surface area contributed by atoms with Gasteiger partial charge in [-0.25, -0.2) is 0 Å². The van der Waals surface area contributed by atoms with Gasteiger partial charge in [0.05, 0.1) is 26.2 Å². The van der Waals surface area contributed by atoms with E-state index in [2.05, 4.69) is 5.32 Å². The molecule has 150 valence electrons. The molecule has 6 heteroatoms. The minimum atomic E-state index is -0.443. The predicted molar refractivity (Wildman–Crippen MR) is 107 cm³/mol. The van der Waals surface area contributed by atoms with Crippen LogP contribution in [0.3, 0.4) is 0 Å². The van der Waals surface area contributed by atoms with Gasteiger partial charge in [0.2, 0.25) is 5.91 Å². The van der Waals surface area contributed by atoms with Crippen molar-refractivity contribution in [2.45, 2.75) is 37.3 Å². The molecule has 2 aliphatic heterocycles. The van der Waals surface area contributed by atoms with Gasteiger partial charge in [0.25, 0.3) is 5.91 Å². The second kappa shape index (κ2) is 6.79. The molecule has 0 radical (unpaired) electrons. The number of amides is 2. The molecule has 2 heterocycles. The molecule has 2 aromatic rings. The molecule has 1 fully saturated rings. The highest BCUT2D eigenvalue weighted by Crippen LogP contribution is 2.48. The third-order valence-electron chi connectivity index (χ3n) is 6.23. The smallest absolute Gasteiger partial charge is 0.254 e. The van der Waals surface area contributed by atoms with Crippen LogP contribution in [0.4, 0.5) is 0 Å². The number of nitrogens with zero attached hydrogens (tertiary/aromatic N) is 1. The Kier molecular flexibility index (Phi) is 4.23. The molecule has 2 amide bonds. The van der Waals surface area contributed by atoms with Crippen LogP contribution in [0.15, 0.2) is 36.4 Å². The minimum Gasteiger partial charge on any atom is -0.493 e. The van der Waals surface area contributed by atoms with Gasteiger partial charge in [0.1, 0.15) is 0 Å². The molecule has 5 rings (SSSR count). The van der Waals surface area contributed by atoms with Crippen LogP contribution in [0, 0.1) is 0 Å². The molecule has 6 nitrogen and oxygen atoms in total. The molecular formula is C23H24N2O4. The summed E-state index contributed by atoms with van der Waals surface area (Å²) >= 11 is 0. The summed E-state index contributed by atoms with van der Waals surface area (Å²) in [6.45, 7) is 0.577. The fraction of sp³-hybridized carbons (Fsp3) is 0.391. The first-order valence-electron chi connectivity index (χ1n) is 10.1. The fourth-order valence-corrected chi connectivity index (χ4v) is 4.65. The standard InChI is InChI=1S/C23H24N2O4/c1-28-18-11-13-9-10-25-21(17(13)12-19(18)29-2)20(22(26)24-14-7-8-14)15-5-3-4-6-16(15)23(25)27/h3-6,11-12,14,20-21H,7-10H2,1-2H3,(H,24,26)/t20-,21+/m0/s1. The van der Waals surface area contributed by atoms with Crippen LogP contribution in [0.25, 0.3) is 0 Å². The lowest BCUT2D eigenvalue weighted by molar-refractivity contribution is -0.124. The zero-order chi connectivity index (χ0) is 20.1. The van der Waals surface area contributed by atoms with Gasteiger partial charge in [-0.15, -0.1) is 0 Å². The van der Waals surface area contributed by atoms with Gasteiger partial charge >= 0.3 is 0 Å². The number of ether oxygens (including phenoxy) is 2. The number of nitrogens with one attached hydrogen (secondary N) is 1. The van der Waals surface area contributed by atoms with Crippen molar-refractivity contribution in [2.24, 2.45) is 0 Å². The third-order valence-corrected chi connectivity index (χ3v) is 6.23. The van der Waals surface area contributed by atoms with E-state index in [1.165, 1.54) is 0 Å². The summed E-state index contributed by atoms with van der Waals surface area (Å²) in [5.74, 6) is 0.815. The van der Waals surface area contributed by atoms with Crippen LogP contribution in [-0.4, -0.2) is 43.5 Å². The molecule has 0 saturated heterocycles. The number of hydrogen-bond acceptors (Lipinski definition) is 4. The lowest BCUT2D eigenvalue weighted by Crippen LogP contribution is -2.50. The van der Waals surface area contributed by atoms with E-state index in [0.717, 1.165) is 36.0 Å². The number of carbonyl (C=O) groups is 2. The maximum Gasteiger partial charge on any atom is 0.254 e.